The van der Waals surface area contributed by atoms with E-state index in [-0.39, 0.29) is 5.91 Å². The van der Waals surface area contributed by atoms with Gasteiger partial charge in [0.15, 0.2) is 0 Å². The summed E-state index contributed by atoms with van der Waals surface area (Å²) in [5.74, 6) is 0.470. The van der Waals surface area contributed by atoms with Gasteiger partial charge in [-0.05, 0) is 71.3 Å². The van der Waals surface area contributed by atoms with Gasteiger partial charge in [-0.15, -0.1) is 0 Å². The van der Waals surface area contributed by atoms with Gasteiger partial charge < -0.3 is 19.9 Å². The highest BCUT2D eigenvalue weighted by Crippen LogP contribution is 2.34. The van der Waals surface area contributed by atoms with Gasteiger partial charge in [0.25, 0.3) is 5.91 Å². The number of hydrogen-bond donors (Lipinski definition) is 1. The minimum Gasteiger partial charge on any atom is -0.481 e. The van der Waals surface area contributed by atoms with Crippen molar-refractivity contribution in [3.8, 4) is 0 Å². The zero-order chi connectivity index (χ0) is 22.5. The van der Waals surface area contributed by atoms with E-state index in [1.165, 1.54) is 12.8 Å². The van der Waals surface area contributed by atoms with E-state index in [1.54, 1.807) is 19.4 Å². The van der Waals surface area contributed by atoms with Crippen LogP contribution in [0.4, 0.5) is 5.69 Å². The largest absolute Gasteiger partial charge is 0.481 e. The number of benzene rings is 1. The molecule has 0 unspecified atom stereocenters. The zero-order valence-corrected chi connectivity index (χ0v) is 20.1. The number of aliphatic imine (C=N–C) groups is 1. The Hall–Kier alpha value is -2.05. The first-order chi connectivity index (χ1) is 14.8. The van der Waals surface area contributed by atoms with Crippen LogP contribution in [0.25, 0.3) is 0 Å². The number of carbonyl (C=O) groups is 1. The summed E-state index contributed by atoms with van der Waals surface area (Å²) < 4.78 is 5.26. The summed E-state index contributed by atoms with van der Waals surface area (Å²) in [5, 5.41) is 3.61. The van der Waals surface area contributed by atoms with Crippen molar-refractivity contribution in [3.05, 3.63) is 39.7 Å². The summed E-state index contributed by atoms with van der Waals surface area (Å²) in [4.78, 5) is 22.0. The van der Waals surface area contributed by atoms with Crippen molar-refractivity contribution in [2.24, 2.45) is 4.99 Å². The lowest BCUT2D eigenvalue weighted by Gasteiger charge is -2.40. The molecule has 31 heavy (non-hydrogen) atoms. The second-order valence-electron chi connectivity index (χ2n) is 8.62. The van der Waals surface area contributed by atoms with Gasteiger partial charge in [-0.2, -0.15) is 0 Å². The smallest absolute Gasteiger partial charge is 0.251 e. The van der Waals surface area contributed by atoms with E-state index in [2.05, 4.69) is 41.1 Å². The highest BCUT2D eigenvalue weighted by Gasteiger charge is 2.28. The Kier molecular flexibility index (Phi) is 8.00. The fourth-order valence-electron chi connectivity index (χ4n) is 4.75. The number of hydrogen-bond acceptors (Lipinski definition) is 5. The van der Waals surface area contributed by atoms with Crippen LogP contribution in [0.2, 0.25) is 5.02 Å². The summed E-state index contributed by atoms with van der Waals surface area (Å²) >= 11 is 6.48. The molecule has 0 bridgehead atoms. The molecule has 1 aliphatic heterocycles. The van der Waals surface area contributed by atoms with Crippen LogP contribution in [0.1, 0.15) is 54.9 Å². The van der Waals surface area contributed by atoms with E-state index in [1.807, 2.05) is 13.0 Å². The number of ether oxygens (including phenoxy) is 1. The van der Waals surface area contributed by atoms with E-state index >= 15 is 0 Å². The number of amides is 1. The van der Waals surface area contributed by atoms with E-state index in [0.29, 0.717) is 41.5 Å². The molecule has 0 radical (unpaired) electrons. The van der Waals surface area contributed by atoms with E-state index in [0.717, 1.165) is 36.2 Å². The molecule has 1 N–H and O–H groups in total. The van der Waals surface area contributed by atoms with E-state index in [4.69, 9.17) is 16.3 Å². The van der Waals surface area contributed by atoms with Crippen molar-refractivity contribution in [2.75, 3.05) is 39.2 Å². The third kappa shape index (κ3) is 5.42. The van der Waals surface area contributed by atoms with Gasteiger partial charge in [0.2, 0.25) is 5.88 Å². The number of halogens is 1. The molecule has 1 aromatic carbocycles. The average Bonchev–Trinajstić information content (AvgIpc) is 3.22. The third-order valence-electron chi connectivity index (χ3n) is 6.58. The van der Waals surface area contributed by atoms with Gasteiger partial charge in [-0.1, -0.05) is 11.6 Å². The molecule has 1 amide bonds. The monoisotopic (exact) mass is 446 g/mol. The summed E-state index contributed by atoms with van der Waals surface area (Å²) in [6, 6.07) is 4.90. The Balaban J connectivity index is 1.77. The number of methoxy groups -OCH3 is 1. The second kappa shape index (κ2) is 10.5. The van der Waals surface area contributed by atoms with Crippen LogP contribution < -0.4 is 10.2 Å². The number of anilines is 1. The molecular formula is C24H35ClN4O2. The fraction of sp³-hybridized carbons (Fsp3) is 0.583. The van der Waals surface area contributed by atoms with Crippen molar-refractivity contribution in [1.82, 2.24) is 10.2 Å². The lowest BCUT2D eigenvalue weighted by molar-refractivity contribution is 0.0956. The Bertz CT molecular complexity index is 857. The first kappa shape index (κ1) is 23.6. The summed E-state index contributed by atoms with van der Waals surface area (Å²) in [6.45, 7) is 5.50. The van der Waals surface area contributed by atoms with Gasteiger partial charge in [-0.3, -0.25) is 4.79 Å². The Morgan fingerprint density at radius 2 is 1.90 bits per heavy atom. The van der Waals surface area contributed by atoms with Crippen LogP contribution in [0.15, 0.2) is 28.6 Å². The average molecular weight is 447 g/mol. The molecule has 1 fully saturated rings. The standard InChI is InChI=1S/C24H35ClN4O2/c1-6-29(20-9-7-19(8-10-20)28(3)4)22-14-18(25)13-21(16(22)2)23(30)27-15-17-11-12-26-24(17)31-5/h12-14,19-20H,6-11,15H2,1-5H3,(H,27,30). The maximum Gasteiger partial charge on any atom is 0.251 e. The lowest BCUT2D eigenvalue weighted by atomic mass is 9.89. The molecule has 7 heteroatoms. The van der Waals surface area contributed by atoms with Gasteiger partial charge in [0.05, 0.1) is 7.11 Å². The Labute approximate surface area is 191 Å². The van der Waals surface area contributed by atoms with Crippen molar-refractivity contribution in [3.63, 3.8) is 0 Å². The summed E-state index contributed by atoms with van der Waals surface area (Å²) in [6.07, 6.45) is 7.19. The second-order valence-corrected chi connectivity index (χ2v) is 9.06. The minimum absolute atomic E-state index is 0.122. The highest BCUT2D eigenvalue weighted by molar-refractivity contribution is 6.31. The SMILES string of the molecule is CCN(c1cc(Cl)cc(C(=O)NCC2=C(OC)N=CC2)c1C)C1CCC(N(C)C)CC1. The Morgan fingerprint density at radius 3 is 2.52 bits per heavy atom. The van der Waals surface area contributed by atoms with Crippen LogP contribution in [-0.4, -0.2) is 63.4 Å². The molecule has 1 aliphatic carbocycles. The third-order valence-corrected chi connectivity index (χ3v) is 6.80. The molecule has 1 aromatic rings. The fourth-order valence-corrected chi connectivity index (χ4v) is 4.97. The normalized spacial score (nSPS) is 21.0. The van der Waals surface area contributed by atoms with Gasteiger partial charge in [0.1, 0.15) is 0 Å². The number of carbonyl (C=O) groups excluding carboxylic acids is 1. The number of nitrogens with one attached hydrogen (secondary N) is 1. The molecule has 170 valence electrons. The van der Waals surface area contributed by atoms with Crippen LogP contribution in [0.3, 0.4) is 0 Å². The predicted molar refractivity (Wildman–Crippen MR) is 128 cm³/mol. The molecule has 0 aromatic heterocycles. The molecule has 6 nitrogen and oxygen atoms in total. The zero-order valence-electron chi connectivity index (χ0n) is 19.4. The topological polar surface area (TPSA) is 57.2 Å². The number of nitrogens with zero attached hydrogens (tertiary/aromatic N) is 3. The van der Waals surface area contributed by atoms with Crippen molar-refractivity contribution < 1.29 is 9.53 Å². The molecule has 1 saturated carbocycles. The van der Waals surface area contributed by atoms with Crippen LogP contribution >= 0.6 is 11.6 Å². The number of rotatable bonds is 8. The van der Waals surface area contributed by atoms with Crippen LogP contribution in [0.5, 0.6) is 0 Å². The van der Waals surface area contributed by atoms with E-state index in [9.17, 15) is 4.79 Å². The van der Waals surface area contributed by atoms with Gasteiger partial charge in [-0.25, -0.2) is 4.99 Å². The van der Waals surface area contributed by atoms with Gasteiger partial charge in [0, 0.05) is 59.7 Å². The molecular weight excluding hydrogens is 412 g/mol. The first-order valence-corrected chi connectivity index (χ1v) is 11.5. The highest BCUT2D eigenvalue weighted by atomic mass is 35.5. The molecule has 1 heterocycles. The predicted octanol–water partition coefficient (Wildman–Crippen LogP) is 4.41. The molecule has 0 saturated heterocycles. The van der Waals surface area contributed by atoms with Crippen LogP contribution in [0, 0.1) is 6.92 Å². The van der Waals surface area contributed by atoms with Crippen LogP contribution in [-0.2, 0) is 4.74 Å². The molecule has 0 atom stereocenters. The van der Waals surface area contributed by atoms with Crippen molar-refractivity contribution in [2.45, 2.75) is 58.0 Å². The first-order valence-electron chi connectivity index (χ1n) is 11.2. The van der Waals surface area contributed by atoms with E-state index < -0.39 is 0 Å². The maximum atomic E-state index is 13.0. The van der Waals surface area contributed by atoms with Gasteiger partial charge >= 0.3 is 0 Å². The van der Waals surface area contributed by atoms with Crippen molar-refractivity contribution >= 4 is 29.4 Å². The summed E-state index contributed by atoms with van der Waals surface area (Å²) in [5.41, 5.74) is 3.64. The maximum absolute atomic E-state index is 13.0. The lowest BCUT2D eigenvalue weighted by Crippen LogP contribution is -2.42. The molecule has 3 rings (SSSR count). The Morgan fingerprint density at radius 1 is 1.23 bits per heavy atom. The summed E-state index contributed by atoms with van der Waals surface area (Å²) in [7, 11) is 5.92. The van der Waals surface area contributed by atoms with Crippen molar-refractivity contribution in [1.29, 1.82) is 0 Å². The molecule has 0 spiro atoms. The molecule has 2 aliphatic rings. The quantitative estimate of drug-likeness (QED) is 0.642. The minimum atomic E-state index is -0.122.